The van der Waals surface area contributed by atoms with Crippen LogP contribution in [0.25, 0.3) is 0 Å². The molecule has 0 aromatic carbocycles. The van der Waals surface area contributed by atoms with Crippen LogP contribution < -0.4 is 5.32 Å². The van der Waals surface area contributed by atoms with Crippen molar-refractivity contribution in [1.82, 2.24) is 14.7 Å². The van der Waals surface area contributed by atoms with Crippen LogP contribution in [-0.2, 0) is 19.4 Å². The molecule has 4 rings (SSSR count). The van der Waals surface area contributed by atoms with Crippen LogP contribution in [0.1, 0.15) is 37.9 Å². The SMILES string of the molecule is Cc1cc(NC(=O)[C@@H]2CS[C@@]3(C)CCC(=O)N23)n([C@@H]2CCS(=O)(=O)C2)n1. The molecule has 26 heavy (non-hydrogen) atoms. The lowest BCUT2D eigenvalue weighted by molar-refractivity contribution is -0.135. The Hall–Kier alpha value is -1.55. The molecule has 0 unspecified atom stereocenters. The fraction of sp³-hybridized carbons (Fsp3) is 0.688. The van der Waals surface area contributed by atoms with Crippen LogP contribution in [0.15, 0.2) is 6.07 Å². The summed E-state index contributed by atoms with van der Waals surface area (Å²) < 4.78 is 25.2. The monoisotopic (exact) mass is 398 g/mol. The Morgan fingerprint density at radius 3 is 2.92 bits per heavy atom. The third kappa shape index (κ3) is 2.92. The first-order chi connectivity index (χ1) is 12.2. The summed E-state index contributed by atoms with van der Waals surface area (Å²) in [5, 5.41) is 7.27. The van der Waals surface area contributed by atoms with Crippen molar-refractivity contribution in [3.63, 3.8) is 0 Å². The molecule has 2 amide bonds. The molecule has 142 valence electrons. The highest BCUT2D eigenvalue weighted by molar-refractivity contribution is 8.01. The Labute approximate surface area is 156 Å². The van der Waals surface area contributed by atoms with Gasteiger partial charge in [-0.05, 0) is 26.7 Å². The average Bonchev–Trinajstić information content (AvgIpc) is 3.25. The summed E-state index contributed by atoms with van der Waals surface area (Å²) in [5.74, 6) is 1.03. The first kappa shape index (κ1) is 17.8. The van der Waals surface area contributed by atoms with Gasteiger partial charge in [-0.2, -0.15) is 5.10 Å². The van der Waals surface area contributed by atoms with Crippen LogP contribution in [0.4, 0.5) is 5.82 Å². The van der Waals surface area contributed by atoms with Gasteiger partial charge in [-0.25, -0.2) is 13.1 Å². The highest BCUT2D eigenvalue weighted by Gasteiger charge is 2.53. The summed E-state index contributed by atoms with van der Waals surface area (Å²) >= 11 is 1.64. The van der Waals surface area contributed by atoms with Crippen LogP contribution in [0.5, 0.6) is 0 Å². The molecule has 3 aliphatic rings. The van der Waals surface area contributed by atoms with Crippen molar-refractivity contribution < 1.29 is 18.0 Å². The maximum Gasteiger partial charge on any atom is 0.249 e. The van der Waals surface area contributed by atoms with Crippen LogP contribution in [0, 0.1) is 6.92 Å². The van der Waals surface area contributed by atoms with Gasteiger partial charge in [-0.15, -0.1) is 11.8 Å². The second kappa shape index (κ2) is 5.98. The molecule has 3 aliphatic heterocycles. The van der Waals surface area contributed by atoms with Crippen LogP contribution in [-0.4, -0.2) is 63.1 Å². The first-order valence-electron chi connectivity index (χ1n) is 8.72. The fourth-order valence-electron chi connectivity index (χ4n) is 4.08. The molecular weight excluding hydrogens is 376 g/mol. The van der Waals surface area contributed by atoms with Gasteiger partial charge in [-0.3, -0.25) is 9.59 Å². The van der Waals surface area contributed by atoms with Gasteiger partial charge in [0.2, 0.25) is 11.8 Å². The van der Waals surface area contributed by atoms with Gasteiger partial charge >= 0.3 is 0 Å². The van der Waals surface area contributed by atoms with E-state index in [0.29, 0.717) is 30.1 Å². The van der Waals surface area contributed by atoms with Crippen LogP contribution in [0.2, 0.25) is 0 Å². The number of nitrogens with zero attached hydrogens (tertiary/aromatic N) is 3. The van der Waals surface area contributed by atoms with Crippen molar-refractivity contribution >= 4 is 39.2 Å². The van der Waals surface area contributed by atoms with Crippen molar-refractivity contribution in [2.45, 2.75) is 50.1 Å². The molecule has 0 bridgehead atoms. The number of nitrogens with one attached hydrogen (secondary N) is 1. The van der Waals surface area contributed by atoms with Crippen molar-refractivity contribution in [3.05, 3.63) is 11.8 Å². The Morgan fingerprint density at radius 2 is 2.23 bits per heavy atom. The van der Waals surface area contributed by atoms with E-state index in [4.69, 9.17) is 0 Å². The molecule has 1 aromatic heterocycles. The Morgan fingerprint density at radius 1 is 1.46 bits per heavy atom. The van der Waals surface area contributed by atoms with E-state index in [0.717, 1.165) is 6.42 Å². The molecule has 1 aromatic rings. The quantitative estimate of drug-likeness (QED) is 0.813. The summed E-state index contributed by atoms with van der Waals surface area (Å²) in [6.45, 7) is 3.82. The maximum atomic E-state index is 12.9. The minimum atomic E-state index is -3.05. The summed E-state index contributed by atoms with van der Waals surface area (Å²) in [6, 6.07) is 0.979. The highest BCUT2D eigenvalue weighted by atomic mass is 32.2. The average molecular weight is 399 g/mol. The zero-order valence-corrected chi connectivity index (χ0v) is 16.4. The summed E-state index contributed by atoms with van der Waals surface area (Å²) in [4.78, 5) is 26.5. The van der Waals surface area contributed by atoms with Gasteiger partial charge in [0.05, 0.1) is 28.1 Å². The third-order valence-corrected chi connectivity index (χ3v) is 8.67. The Bertz CT molecular complexity index is 881. The number of fused-ring (bicyclic) bond motifs is 1. The van der Waals surface area contributed by atoms with Gasteiger partial charge < -0.3 is 10.2 Å². The zero-order chi connectivity index (χ0) is 18.7. The molecule has 0 radical (unpaired) electrons. The second-order valence-electron chi connectivity index (χ2n) is 7.43. The molecule has 1 N–H and O–H groups in total. The number of carbonyl (C=O) groups excluding carboxylic acids is 2. The fourth-order valence-corrected chi connectivity index (χ4v) is 7.20. The first-order valence-corrected chi connectivity index (χ1v) is 11.5. The Balaban J connectivity index is 1.55. The van der Waals surface area contributed by atoms with Crippen molar-refractivity contribution in [2.24, 2.45) is 0 Å². The maximum absolute atomic E-state index is 12.9. The van der Waals surface area contributed by atoms with Gasteiger partial charge in [0, 0.05) is 18.2 Å². The summed E-state index contributed by atoms with van der Waals surface area (Å²) in [7, 11) is -3.05. The highest BCUT2D eigenvalue weighted by Crippen LogP contribution is 2.47. The van der Waals surface area contributed by atoms with E-state index in [1.165, 1.54) is 0 Å². The van der Waals surface area contributed by atoms with Crippen LogP contribution in [0.3, 0.4) is 0 Å². The van der Waals surface area contributed by atoms with E-state index in [9.17, 15) is 18.0 Å². The number of amides is 2. The Kier molecular flexibility index (Phi) is 4.11. The lowest BCUT2D eigenvalue weighted by Crippen LogP contribution is -2.48. The van der Waals surface area contributed by atoms with Gasteiger partial charge in [0.15, 0.2) is 9.84 Å². The van der Waals surface area contributed by atoms with E-state index in [2.05, 4.69) is 10.4 Å². The van der Waals surface area contributed by atoms with Gasteiger partial charge in [-0.1, -0.05) is 0 Å². The molecule has 0 aliphatic carbocycles. The predicted molar refractivity (Wildman–Crippen MR) is 98.6 cm³/mol. The van der Waals surface area contributed by atoms with Gasteiger partial charge in [0.25, 0.3) is 0 Å². The predicted octanol–water partition coefficient (Wildman–Crippen LogP) is 0.944. The zero-order valence-electron chi connectivity index (χ0n) is 14.8. The molecule has 4 heterocycles. The van der Waals surface area contributed by atoms with E-state index >= 15 is 0 Å². The molecule has 3 saturated heterocycles. The number of carbonyl (C=O) groups is 2. The van der Waals surface area contributed by atoms with Gasteiger partial charge in [0.1, 0.15) is 11.9 Å². The van der Waals surface area contributed by atoms with E-state index in [-0.39, 0.29) is 34.2 Å². The molecule has 3 fully saturated rings. The second-order valence-corrected chi connectivity index (χ2v) is 11.2. The minimum absolute atomic E-state index is 0.0178. The molecule has 0 spiro atoms. The molecular formula is C16H22N4O4S2. The molecule has 3 atom stereocenters. The largest absolute Gasteiger partial charge is 0.315 e. The van der Waals surface area contributed by atoms with Crippen molar-refractivity contribution in [3.8, 4) is 0 Å². The number of aromatic nitrogens is 2. The number of thioether (sulfide) groups is 1. The third-order valence-electron chi connectivity index (χ3n) is 5.41. The minimum Gasteiger partial charge on any atom is -0.315 e. The molecule has 10 heteroatoms. The van der Waals surface area contributed by atoms with E-state index in [1.807, 2.05) is 13.8 Å². The number of rotatable bonds is 3. The summed E-state index contributed by atoms with van der Waals surface area (Å²) in [5.41, 5.74) is 0.715. The number of aryl methyl sites for hydroxylation is 1. The smallest absolute Gasteiger partial charge is 0.249 e. The standard InChI is InChI=1S/C16H22N4O4S2/c1-10-7-13(20(18-10)11-4-6-26(23,24)9-11)17-15(22)12-8-25-16(2)5-3-14(21)19(12)16/h7,11-12H,3-6,8-9H2,1-2H3,(H,17,22)/t11-,12+,16+/m1/s1. The number of hydrogen-bond acceptors (Lipinski definition) is 6. The topological polar surface area (TPSA) is 101 Å². The van der Waals surface area contributed by atoms with Crippen molar-refractivity contribution in [1.29, 1.82) is 0 Å². The number of anilines is 1. The number of hydrogen-bond donors (Lipinski definition) is 1. The summed E-state index contributed by atoms with van der Waals surface area (Å²) in [6.07, 6.45) is 1.73. The molecule has 0 saturated carbocycles. The van der Waals surface area contributed by atoms with Crippen molar-refractivity contribution in [2.75, 3.05) is 22.6 Å². The lowest BCUT2D eigenvalue weighted by Gasteiger charge is -2.29. The normalized spacial score (nSPS) is 32.8. The van der Waals surface area contributed by atoms with E-state index in [1.54, 1.807) is 27.4 Å². The lowest BCUT2D eigenvalue weighted by atomic mass is 10.2. The number of sulfone groups is 1. The molecule has 8 nitrogen and oxygen atoms in total. The van der Waals surface area contributed by atoms with Crippen LogP contribution >= 0.6 is 11.8 Å². The van der Waals surface area contributed by atoms with E-state index < -0.39 is 15.9 Å².